The summed E-state index contributed by atoms with van der Waals surface area (Å²) in [5.41, 5.74) is 0.169. The Kier molecular flexibility index (Phi) is 4.81. The van der Waals surface area contributed by atoms with E-state index in [0.29, 0.717) is 24.0 Å². The van der Waals surface area contributed by atoms with Gasteiger partial charge in [0.25, 0.3) is 0 Å². The molecule has 0 bridgehead atoms. The highest BCUT2D eigenvalue weighted by atomic mass is 16.5. The molecule has 3 atom stereocenters. The summed E-state index contributed by atoms with van der Waals surface area (Å²) in [4.78, 5) is 0. The van der Waals surface area contributed by atoms with Crippen LogP contribution in [-0.4, -0.2) is 24.3 Å². The topological polar surface area (TPSA) is 21.3 Å². The van der Waals surface area contributed by atoms with Crippen LogP contribution in [0, 0.1) is 11.8 Å². The Hall–Kier alpha value is -0.0800. The number of hydrogen-bond donors (Lipinski definition) is 1. The van der Waals surface area contributed by atoms with Crippen molar-refractivity contribution < 1.29 is 4.74 Å². The number of ether oxygens (including phenoxy) is 1. The molecule has 1 heterocycles. The van der Waals surface area contributed by atoms with Crippen LogP contribution in [0.3, 0.4) is 0 Å². The molecule has 0 aromatic carbocycles. The van der Waals surface area contributed by atoms with Crippen LogP contribution in [0.1, 0.15) is 54.4 Å². The molecule has 1 rings (SSSR count). The van der Waals surface area contributed by atoms with Crippen LogP contribution in [-0.2, 0) is 4.74 Å². The van der Waals surface area contributed by atoms with Crippen LogP contribution >= 0.6 is 0 Å². The number of morpholine rings is 1. The van der Waals surface area contributed by atoms with Crippen LogP contribution in [0.4, 0.5) is 0 Å². The maximum absolute atomic E-state index is 6.11. The van der Waals surface area contributed by atoms with E-state index in [9.17, 15) is 0 Å². The number of nitrogens with one attached hydrogen (secondary N) is 1. The molecule has 0 amide bonds. The van der Waals surface area contributed by atoms with Gasteiger partial charge in [-0.05, 0) is 31.6 Å². The van der Waals surface area contributed by atoms with Crippen molar-refractivity contribution >= 4 is 0 Å². The van der Waals surface area contributed by atoms with Crippen LogP contribution < -0.4 is 5.32 Å². The zero-order valence-corrected chi connectivity index (χ0v) is 11.8. The summed E-state index contributed by atoms with van der Waals surface area (Å²) in [7, 11) is 0. The Morgan fingerprint density at radius 2 is 1.94 bits per heavy atom. The molecule has 0 aliphatic carbocycles. The molecular formula is C14H29NO. The van der Waals surface area contributed by atoms with E-state index in [0.717, 1.165) is 19.4 Å². The normalized spacial score (nSPS) is 36.0. The van der Waals surface area contributed by atoms with Gasteiger partial charge in [0.1, 0.15) is 0 Å². The number of rotatable bonds is 4. The first-order valence-corrected chi connectivity index (χ1v) is 6.77. The fraction of sp³-hybridized carbons (Fsp3) is 1.00. The third-order valence-electron chi connectivity index (χ3n) is 3.73. The molecule has 0 aromatic heterocycles. The van der Waals surface area contributed by atoms with Gasteiger partial charge in [-0.15, -0.1) is 0 Å². The van der Waals surface area contributed by atoms with Crippen molar-refractivity contribution in [3.05, 3.63) is 0 Å². The minimum absolute atomic E-state index is 0.169. The Morgan fingerprint density at radius 3 is 2.38 bits per heavy atom. The zero-order valence-electron chi connectivity index (χ0n) is 11.8. The van der Waals surface area contributed by atoms with E-state index in [-0.39, 0.29) is 5.54 Å². The molecule has 2 heteroatoms. The van der Waals surface area contributed by atoms with Gasteiger partial charge in [-0.1, -0.05) is 34.6 Å². The molecule has 16 heavy (non-hydrogen) atoms. The molecular weight excluding hydrogens is 198 g/mol. The fourth-order valence-corrected chi connectivity index (χ4v) is 2.41. The predicted octanol–water partition coefficient (Wildman–Crippen LogP) is 3.21. The molecule has 0 aromatic rings. The third kappa shape index (κ3) is 3.46. The van der Waals surface area contributed by atoms with Gasteiger partial charge in [-0.25, -0.2) is 0 Å². The highest BCUT2D eigenvalue weighted by Crippen LogP contribution is 2.27. The highest BCUT2D eigenvalue weighted by molar-refractivity contribution is 4.95. The second-order valence-electron chi connectivity index (χ2n) is 6.31. The average molecular weight is 227 g/mol. The Bertz CT molecular complexity index is 215. The molecule has 96 valence electrons. The van der Waals surface area contributed by atoms with Crippen LogP contribution in [0.2, 0.25) is 0 Å². The monoisotopic (exact) mass is 227 g/mol. The number of hydrogen-bond acceptors (Lipinski definition) is 2. The van der Waals surface area contributed by atoms with Gasteiger partial charge in [-0.2, -0.15) is 0 Å². The van der Waals surface area contributed by atoms with Crippen molar-refractivity contribution in [2.24, 2.45) is 11.8 Å². The van der Waals surface area contributed by atoms with Crippen molar-refractivity contribution in [1.29, 1.82) is 0 Å². The maximum atomic E-state index is 6.11. The molecule has 2 nitrogen and oxygen atoms in total. The summed E-state index contributed by atoms with van der Waals surface area (Å²) < 4.78 is 6.11. The van der Waals surface area contributed by atoms with Gasteiger partial charge in [0.2, 0.25) is 0 Å². The minimum atomic E-state index is 0.169. The SMILES string of the molecule is CCC1(C)COC(CC(C)C)C(C(C)C)N1. The van der Waals surface area contributed by atoms with Crippen molar-refractivity contribution in [2.75, 3.05) is 6.61 Å². The zero-order chi connectivity index (χ0) is 12.3. The lowest BCUT2D eigenvalue weighted by atomic mass is 9.86. The lowest BCUT2D eigenvalue weighted by Crippen LogP contribution is -2.62. The van der Waals surface area contributed by atoms with E-state index < -0.39 is 0 Å². The predicted molar refractivity (Wildman–Crippen MR) is 69.7 cm³/mol. The molecule has 0 radical (unpaired) electrons. The van der Waals surface area contributed by atoms with E-state index in [1.54, 1.807) is 0 Å². The third-order valence-corrected chi connectivity index (χ3v) is 3.73. The molecule has 3 unspecified atom stereocenters. The molecule has 1 saturated heterocycles. The molecule has 1 N–H and O–H groups in total. The second kappa shape index (κ2) is 5.50. The minimum Gasteiger partial charge on any atom is -0.375 e. The van der Waals surface area contributed by atoms with Gasteiger partial charge in [0.15, 0.2) is 0 Å². The van der Waals surface area contributed by atoms with Crippen LogP contribution in [0.15, 0.2) is 0 Å². The Morgan fingerprint density at radius 1 is 1.31 bits per heavy atom. The Balaban J connectivity index is 2.67. The highest BCUT2D eigenvalue weighted by Gasteiger charge is 2.38. The van der Waals surface area contributed by atoms with E-state index in [4.69, 9.17) is 4.74 Å². The van der Waals surface area contributed by atoms with Gasteiger partial charge in [0, 0.05) is 11.6 Å². The lowest BCUT2D eigenvalue weighted by molar-refractivity contribution is -0.0772. The van der Waals surface area contributed by atoms with Crippen molar-refractivity contribution in [3.63, 3.8) is 0 Å². The molecule has 1 aliphatic rings. The molecule has 1 aliphatic heterocycles. The van der Waals surface area contributed by atoms with Gasteiger partial charge < -0.3 is 10.1 Å². The van der Waals surface area contributed by atoms with Gasteiger partial charge in [-0.3, -0.25) is 0 Å². The average Bonchev–Trinajstić information content (AvgIpc) is 2.20. The van der Waals surface area contributed by atoms with E-state index in [2.05, 4.69) is 46.9 Å². The second-order valence-corrected chi connectivity index (χ2v) is 6.31. The van der Waals surface area contributed by atoms with E-state index in [1.807, 2.05) is 0 Å². The first kappa shape index (κ1) is 14.0. The maximum Gasteiger partial charge on any atom is 0.0734 e. The Labute approximate surface area is 101 Å². The van der Waals surface area contributed by atoms with Gasteiger partial charge >= 0.3 is 0 Å². The van der Waals surface area contributed by atoms with E-state index in [1.165, 1.54) is 0 Å². The van der Waals surface area contributed by atoms with E-state index >= 15 is 0 Å². The van der Waals surface area contributed by atoms with Crippen molar-refractivity contribution in [1.82, 2.24) is 5.32 Å². The summed E-state index contributed by atoms with van der Waals surface area (Å²) in [6.45, 7) is 14.5. The first-order chi connectivity index (χ1) is 7.38. The van der Waals surface area contributed by atoms with Gasteiger partial charge in [0.05, 0.1) is 12.7 Å². The first-order valence-electron chi connectivity index (χ1n) is 6.77. The summed E-state index contributed by atoms with van der Waals surface area (Å²) in [6, 6.07) is 0.501. The fourth-order valence-electron chi connectivity index (χ4n) is 2.41. The quantitative estimate of drug-likeness (QED) is 0.796. The van der Waals surface area contributed by atoms with Crippen molar-refractivity contribution in [3.8, 4) is 0 Å². The summed E-state index contributed by atoms with van der Waals surface area (Å²) in [6.07, 6.45) is 2.68. The standard InChI is InChI=1S/C14H29NO/c1-7-14(6)9-16-12(8-10(2)3)13(15-14)11(4)5/h10-13,15H,7-9H2,1-6H3. The summed E-state index contributed by atoms with van der Waals surface area (Å²) >= 11 is 0. The molecule has 0 spiro atoms. The van der Waals surface area contributed by atoms with Crippen LogP contribution in [0.25, 0.3) is 0 Å². The van der Waals surface area contributed by atoms with Crippen LogP contribution in [0.5, 0.6) is 0 Å². The molecule has 0 saturated carbocycles. The lowest BCUT2D eigenvalue weighted by Gasteiger charge is -2.46. The summed E-state index contributed by atoms with van der Waals surface area (Å²) in [5.74, 6) is 1.34. The summed E-state index contributed by atoms with van der Waals surface area (Å²) in [5, 5.41) is 3.81. The molecule has 1 fully saturated rings. The van der Waals surface area contributed by atoms with Crippen molar-refractivity contribution in [2.45, 2.75) is 72.1 Å². The smallest absolute Gasteiger partial charge is 0.0734 e. The largest absolute Gasteiger partial charge is 0.375 e.